The molecule has 1 atom stereocenters. The molecule has 0 saturated heterocycles. The largest absolute Gasteiger partial charge is 0.352 e. The number of anilines is 3. The number of hydrogen-bond acceptors (Lipinski definition) is 3. The van der Waals surface area contributed by atoms with Gasteiger partial charge < -0.3 is 9.80 Å². The highest BCUT2D eigenvalue weighted by atomic mass is 15.4. The lowest BCUT2D eigenvalue weighted by atomic mass is 10.0. The third-order valence-electron chi connectivity index (χ3n) is 4.79. The topological polar surface area (TPSA) is 34.6 Å². The fourth-order valence-electron chi connectivity index (χ4n) is 3.75. The van der Waals surface area contributed by atoms with Crippen LogP contribution in [0.5, 0.6) is 0 Å². The monoisotopic (exact) mass is 316 g/mol. The second kappa shape index (κ2) is 5.58. The molecule has 1 aliphatic rings. The summed E-state index contributed by atoms with van der Waals surface area (Å²) in [6.45, 7) is 15.8. The van der Waals surface area contributed by atoms with E-state index >= 15 is 0 Å². The number of rotatable bonds is 1. The summed E-state index contributed by atoms with van der Waals surface area (Å²) in [5.41, 5.74) is 7.56. The molecule has 1 aliphatic heterocycles. The third-order valence-corrected chi connectivity index (χ3v) is 4.79. The molecule has 120 valence electrons. The number of aryl methyl sites for hydroxylation is 3. The van der Waals surface area contributed by atoms with Crippen molar-refractivity contribution in [3.63, 3.8) is 0 Å². The molecule has 4 nitrogen and oxygen atoms in total. The molecule has 4 heteroatoms. The Bertz CT molecular complexity index is 891. The SMILES string of the molecule is [C-]#[N+]c1ccc2c(c1C#N)N(C)[C@H](C)N2c1c(C)cc(C)cc1C. The van der Waals surface area contributed by atoms with Crippen LogP contribution in [0.4, 0.5) is 22.7 Å². The molecule has 2 aromatic rings. The van der Waals surface area contributed by atoms with E-state index < -0.39 is 0 Å². The first-order valence-corrected chi connectivity index (χ1v) is 7.95. The second-order valence-electron chi connectivity index (χ2n) is 6.41. The molecule has 0 spiro atoms. The highest BCUT2D eigenvalue weighted by Crippen LogP contribution is 2.49. The molecule has 0 saturated carbocycles. The van der Waals surface area contributed by atoms with Crippen LogP contribution >= 0.6 is 0 Å². The van der Waals surface area contributed by atoms with Crippen molar-refractivity contribution in [1.82, 2.24) is 0 Å². The number of benzene rings is 2. The number of fused-ring (bicyclic) bond motifs is 1. The lowest BCUT2D eigenvalue weighted by Crippen LogP contribution is -2.36. The van der Waals surface area contributed by atoms with E-state index in [0.717, 1.165) is 11.4 Å². The summed E-state index contributed by atoms with van der Waals surface area (Å²) in [6.07, 6.45) is 0.0770. The molecule has 3 rings (SSSR count). The normalized spacial score (nSPS) is 15.9. The van der Waals surface area contributed by atoms with Gasteiger partial charge in [-0.25, -0.2) is 4.85 Å². The second-order valence-corrected chi connectivity index (χ2v) is 6.41. The molecule has 0 fully saturated rings. The van der Waals surface area contributed by atoms with Crippen LogP contribution in [0.3, 0.4) is 0 Å². The van der Waals surface area contributed by atoms with Crippen LogP contribution in [0.2, 0.25) is 0 Å². The van der Waals surface area contributed by atoms with Gasteiger partial charge in [-0.3, -0.25) is 0 Å². The summed E-state index contributed by atoms with van der Waals surface area (Å²) >= 11 is 0. The molecule has 0 amide bonds. The van der Waals surface area contributed by atoms with Gasteiger partial charge in [0.15, 0.2) is 0 Å². The summed E-state index contributed by atoms with van der Waals surface area (Å²) in [6, 6.07) is 10.3. The first-order valence-electron chi connectivity index (χ1n) is 7.95. The van der Waals surface area contributed by atoms with E-state index in [1.54, 1.807) is 6.07 Å². The van der Waals surface area contributed by atoms with Crippen LogP contribution in [0.1, 0.15) is 29.2 Å². The fraction of sp³-hybridized carbons (Fsp3) is 0.300. The predicted octanol–water partition coefficient (Wildman–Crippen LogP) is 4.97. The quantitative estimate of drug-likeness (QED) is 0.697. The van der Waals surface area contributed by atoms with Crippen LogP contribution in [-0.2, 0) is 0 Å². The molecule has 0 aliphatic carbocycles. The third kappa shape index (κ3) is 2.12. The van der Waals surface area contributed by atoms with Crippen LogP contribution in [0, 0.1) is 38.7 Å². The maximum absolute atomic E-state index is 9.58. The summed E-state index contributed by atoms with van der Waals surface area (Å²) < 4.78 is 0. The molecular formula is C20H20N4. The molecule has 24 heavy (non-hydrogen) atoms. The molecule has 0 bridgehead atoms. The Labute approximate surface area is 143 Å². The molecule has 2 aromatic carbocycles. The zero-order chi connectivity index (χ0) is 17.6. The summed E-state index contributed by atoms with van der Waals surface area (Å²) in [7, 11) is 1.98. The standard InChI is InChI=1S/C20H20N4/c1-12-9-13(2)19(14(3)10-12)24-15(4)23(6)20-16(11-21)17(22-5)7-8-18(20)24/h7-10,15H,1-4,6H3/t15-/m0/s1. The smallest absolute Gasteiger partial charge is 0.206 e. The minimum Gasteiger partial charge on any atom is -0.352 e. The van der Waals surface area contributed by atoms with Crippen LogP contribution in [-0.4, -0.2) is 13.2 Å². The Kier molecular flexibility index (Phi) is 3.70. The van der Waals surface area contributed by atoms with Gasteiger partial charge in [0.1, 0.15) is 6.17 Å². The van der Waals surface area contributed by atoms with Crippen molar-refractivity contribution < 1.29 is 0 Å². The first-order chi connectivity index (χ1) is 11.4. The van der Waals surface area contributed by atoms with Gasteiger partial charge in [0.05, 0.1) is 29.6 Å². The molecule has 1 heterocycles. The van der Waals surface area contributed by atoms with Crippen molar-refractivity contribution in [1.29, 1.82) is 5.26 Å². The Balaban J connectivity index is 2.30. The summed E-state index contributed by atoms with van der Waals surface area (Å²) in [4.78, 5) is 7.86. The minimum absolute atomic E-state index is 0.0770. The van der Waals surface area contributed by atoms with Crippen molar-refractivity contribution in [3.05, 3.63) is 57.9 Å². The van der Waals surface area contributed by atoms with Crippen molar-refractivity contribution >= 4 is 22.7 Å². The van der Waals surface area contributed by atoms with E-state index in [-0.39, 0.29) is 6.17 Å². The molecule has 0 radical (unpaired) electrons. The maximum atomic E-state index is 9.58. The van der Waals surface area contributed by atoms with Gasteiger partial charge in [-0.1, -0.05) is 23.8 Å². The van der Waals surface area contributed by atoms with E-state index in [9.17, 15) is 5.26 Å². The van der Waals surface area contributed by atoms with Gasteiger partial charge in [0, 0.05) is 12.7 Å². The average Bonchev–Trinajstić information content (AvgIpc) is 2.78. The lowest BCUT2D eigenvalue weighted by molar-refractivity contribution is 0.730. The van der Waals surface area contributed by atoms with Gasteiger partial charge in [-0.2, -0.15) is 5.26 Å². The number of hydrogen-bond donors (Lipinski definition) is 0. The van der Waals surface area contributed by atoms with Crippen molar-refractivity contribution in [3.8, 4) is 6.07 Å². The van der Waals surface area contributed by atoms with Crippen molar-refractivity contribution in [2.24, 2.45) is 0 Å². The van der Waals surface area contributed by atoms with Crippen LogP contribution in [0.15, 0.2) is 24.3 Å². The first kappa shape index (κ1) is 15.9. The Morgan fingerprint density at radius 2 is 1.75 bits per heavy atom. The fourth-order valence-corrected chi connectivity index (χ4v) is 3.75. The van der Waals surface area contributed by atoms with E-state index in [1.807, 2.05) is 13.1 Å². The molecule has 0 aromatic heterocycles. The average molecular weight is 316 g/mol. The zero-order valence-electron chi connectivity index (χ0n) is 14.7. The highest BCUT2D eigenvalue weighted by Gasteiger charge is 2.35. The molecular weight excluding hydrogens is 296 g/mol. The van der Waals surface area contributed by atoms with Gasteiger partial charge in [-0.15, -0.1) is 0 Å². The summed E-state index contributed by atoms with van der Waals surface area (Å²) in [5, 5.41) is 9.58. The van der Waals surface area contributed by atoms with E-state index in [2.05, 4.69) is 60.5 Å². The van der Waals surface area contributed by atoms with Crippen LogP contribution < -0.4 is 9.80 Å². The zero-order valence-corrected chi connectivity index (χ0v) is 14.7. The number of nitrogens with zero attached hydrogens (tertiary/aromatic N) is 4. The van der Waals surface area contributed by atoms with E-state index in [4.69, 9.17) is 6.57 Å². The van der Waals surface area contributed by atoms with Crippen molar-refractivity contribution in [2.45, 2.75) is 33.9 Å². The van der Waals surface area contributed by atoms with E-state index in [0.29, 0.717) is 11.3 Å². The molecule has 0 N–H and O–H groups in total. The Morgan fingerprint density at radius 3 is 2.29 bits per heavy atom. The predicted molar refractivity (Wildman–Crippen MR) is 98.1 cm³/mol. The van der Waals surface area contributed by atoms with Crippen molar-refractivity contribution in [2.75, 3.05) is 16.8 Å². The van der Waals surface area contributed by atoms with Gasteiger partial charge in [0.2, 0.25) is 5.69 Å². The van der Waals surface area contributed by atoms with Gasteiger partial charge in [0.25, 0.3) is 0 Å². The Hall–Kier alpha value is -2.98. The number of nitriles is 1. The molecule has 0 unspecified atom stereocenters. The van der Waals surface area contributed by atoms with Gasteiger partial charge >= 0.3 is 0 Å². The highest BCUT2D eigenvalue weighted by molar-refractivity contribution is 5.92. The van der Waals surface area contributed by atoms with E-state index in [1.165, 1.54) is 22.4 Å². The maximum Gasteiger partial charge on any atom is 0.206 e. The summed E-state index contributed by atoms with van der Waals surface area (Å²) in [5.74, 6) is 0. The van der Waals surface area contributed by atoms with Crippen LogP contribution in [0.25, 0.3) is 4.85 Å². The minimum atomic E-state index is 0.0770. The lowest BCUT2D eigenvalue weighted by Gasteiger charge is -2.30. The van der Waals surface area contributed by atoms with Gasteiger partial charge in [-0.05, 0) is 44.9 Å². The Morgan fingerprint density at radius 1 is 1.12 bits per heavy atom.